The van der Waals surface area contributed by atoms with Gasteiger partial charge in [0.15, 0.2) is 5.82 Å². The van der Waals surface area contributed by atoms with Crippen LogP contribution in [0.4, 0.5) is 4.79 Å². The molecule has 1 unspecified atom stereocenters. The van der Waals surface area contributed by atoms with Crippen LogP contribution in [0.5, 0.6) is 0 Å². The Labute approximate surface area is 129 Å². The summed E-state index contributed by atoms with van der Waals surface area (Å²) in [7, 11) is 1.92. The van der Waals surface area contributed by atoms with Crippen LogP contribution in [0.1, 0.15) is 43.8 Å². The van der Waals surface area contributed by atoms with Crippen LogP contribution in [0, 0.1) is 6.92 Å². The van der Waals surface area contributed by atoms with E-state index in [-0.39, 0.29) is 12.1 Å². The van der Waals surface area contributed by atoms with Crippen LogP contribution < -0.4 is 5.32 Å². The molecular formula is C14H23N7O. The van der Waals surface area contributed by atoms with E-state index >= 15 is 0 Å². The van der Waals surface area contributed by atoms with Crippen LogP contribution in [0.2, 0.25) is 0 Å². The molecule has 0 aromatic carbocycles. The van der Waals surface area contributed by atoms with E-state index in [0.717, 1.165) is 18.1 Å². The zero-order chi connectivity index (χ0) is 16.1. The summed E-state index contributed by atoms with van der Waals surface area (Å²) in [4.78, 5) is 22.7. The maximum Gasteiger partial charge on any atom is 0.318 e. The van der Waals surface area contributed by atoms with E-state index in [4.69, 9.17) is 0 Å². The number of carbonyl (C=O) groups is 1. The highest BCUT2D eigenvalue weighted by Gasteiger charge is 2.19. The minimum Gasteiger partial charge on any atom is -0.337 e. The number of aromatic nitrogens is 5. The Bertz CT molecular complexity index is 618. The lowest BCUT2D eigenvalue weighted by Gasteiger charge is -2.23. The van der Waals surface area contributed by atoms with Gasteiger partial charge in [0, 0.05) is 26.0 Å². The first-order chi connectivity index (χ1) is 10.5. The average molecular weight is 305 g/mol. The first-order valence-corrected chi connectivity index (χ1v) is 7.41. The molecule has 0 aliphatic heterocycles. The number of carbonyl (C=O) groups excluding carboxylic acids is 1. The van der Waals surface area contributed by atoms with Crippen molar-refractivity contribution in [1.82, 2.24) is 34.9 Å². The maximum atomic E-state index is 12.5. The third-order valence-corrected chi connectivity index (χ3v) is 3.38. The molecule has 8 heteroatoms. The van der Waals surface area contributed by atoms with E-state index in [2.05, 4.69) is 25.5 Å². The number of amides is 2. The standard InChI is InChI=1S/C14H23N7O/c1-5-7-21(9-12-15-6-8-20(12)4)14(22)16-10(2)13-17-11(3)18-19-13/h6,8,10H,5,7,9H2,1-4H3,(H,16,22)(H,17,18,19). The molecular weight excluding hydrogens is 282 g/mol. The third kappa shape index (κ3) is 3.84. The Hall–Kier alpha value is -2.38. The first-order valence-electron chi connectivity index (χ1n) is 7.41. The number of rotatable bonds is 6. The summed E-state index contributed by atoms with van der Waals surface area (Å²) in [5.41, 5.74) is 0. The summed E-state index contributed by atoms with van der Waals surface area (Å²) >= 11 is 0. The van der Waals surface area contributed by atoms with Crippen LogP contribution in [0.15, 0.2) is 12.4 Å². The quantitative estimate of drug-likeness (QED) is 0.846. The Kier molecular flexibility index (Phi) is 5.13. The Morgan fingerprint density at radius 3 is 2.86 bits per heavy atom. The normalized spacial score (nSPS) is 12.2. The number of nitrogens with one attached hydrogen (secondary N) is 2. The molecule has 0 saturated carbocycles. The smallest absolute Gasteiger partial charge is 0.318 e. The van der Waals surface area contributed by atoms with Crippen molar-refractivity contribution in [3.8, 4) is 0 Å². The van der Waals surface area contributed by atoms with Crippen molar-refractivity contribution in [3.05, 3.63) is 29.9 Å². The summed E-state index contributed by atoms with van der Waals surface area (Å²) in [6.07, 6.45) is 4.48. The summed E-state index contributed by atoms with van der Waals surface area (Å²) in [5, 5.41) is 9.79. The van der Waals surface area contributed by atoms with E-state index in [9.17, 15) is 4.79 Å². The summed E-state index contributed by atoms with van der Waals surface area (Å²) < 4.78 is 1.91. The SMILES string of the molecule is CCCN(Cc1nccn1C)C(=O)NC(C)c1n[nH]c(C)n1. The van der Waals surface area contributed by atoms with Gasteiger partial charge in [0.25, 0.3) is 0 Å². The number of aryl methyl sites for hydroxylation is 2. The Morgan fingerprint density at radius 2 is 2.32 bits per heavy atom. The largest absolute Gasteiger partial charge is 0.337 e. The van der Waals surface area contributed by atoms with Gasteiger partial charge in [0.2, 0.25) is 0 Å². The molecule has 2 heterocycles. The minimum absolute atomic E-state index is 0.139. The molecule has 0 aliphatic rings. The predicted molar refractivity (Wildman–Crippen MR) is 82.0 cm³/mol. The van der Waals surface area contributed by atoms with Crippen molar-refractivity contribution in [3.63, 3.8) is 0 Å². The highest BCUT2D eigenvalue weighted by Crippen LogP contribution is 2.09. The maximum absolute atomic E-state index is 12.5. The van der Waals surface area contributed by atoms with E-state index in [0.29, 0.717) is 18.9 Å². The number of H-pyrrole nitrogens is 1. The molecule has 0 saturated heterocycles. The van der Waals surface area contributed by atoms with Gasteiger partial charge in [-0.2, -0.15) is 5.10 Å². The molecule has 22 heavy (non-hydrogen) atoms. The molecule has 1 atom stereocenters. The number of hydrogen-bond donors (Lipinski definition) is 2. The van der Waals surface area contributed by atoms with Crippen molar-refractivity contribution in [2.75, 3.05) is 6.54 Å². The van der Waals surface area contributed by atoms with Crippen LogP contribution >= 0.6 is 0 Å². The van der Waals surface area contributed by atoms with Gasteiger partial charge in [0.1, 0.15) is 11.6 Å². The monoisotopic (exact) mass is 305 g/mol. The number of hydrogen-bond acceptors (Lipinski definition) is 4. The van der Waals surface area contributed by atoms with Crippen LogP contribution in [0.3, 0.4) is 0 Å². The van der Waals surface area contributed by atoms with Crippen molar-refractivity contribution in [1.29, 1.82) is 0 Å². The van der Waals surface area contributed by atoms with Gasteiger partial charge in [-0.15, -0.1) is 0 Å². The van der Waals surface area contributed by atoms with Crippen molar-refractivity contribution < 1.29 is 4.79 Å². The van der Waals surface area contributed by atoms with Gasteiger partial charge in [-0.25, -0.2) is 14.8 Å². The fourth-order valence-electron chi connectivity index (χ4n) is 2.14. The van der Waals surface area contributed by atoms with Crippen LogP contribution in [-0.2, 0) is 13.6 Å². The van der Waals surface area contributed by atoms with Gasteiger partial charge in [0.05, 0.1) is 12.6 Å². The summed E-state index contributed by atoms with van der Waals surface area (Å²) in [5.74, 6) is 2.17. The lowest BCUT2D eigenvalue weighted by molar-refractivity contribution is 0.189. The van der Waals surface area contributed by atoms with Crippen LogP contribution in [-0.4, -0.2) is 42.2 Å². The van der Waals surface area contributed by atoms with Gasteiger partial charge in [-0.1, -0.05) is 6.92 Å². The lowest BCUT2D eigenvalue weighted by Crippen LogP contribution is -2.41. The molecule has 0 spiro atoms. The molecule has 0 aliphatic carbocycles. The predicted octanol–water partition coefficient (Wildman–Crippen LogP) is 1.53. The van der Waals surface area contributed by atoms with E-state index in [1.54, 1.807) is 11.1 Å². The molecule has 2 aromatic heterocycles. The molecule has 2 N–H and O–H groups in total. The van der Waals surface area contributed by atoms with Gasteiger partial charge >= 0.3 is 6.03 Å². The lowest BCUT2D eigenvalue weighted by atomic mass is 10.3. The zero-order valence-corrected chi connectivity index (χ0v) is 13.5. The fraction of sp³-hybridized carbons (Fsp3) is 0.571. The van der Waals surface area contributed by atoms with Gasteiger partial charge in [-0.3, -0.25) is 5.10 Å². The highest BCUT2D eigenvalue weighted by molar-refractivity contribution is 5.74. The Morgan fingerprint density at radius 1 is 1.55 bits per heavy atom. The van der Waals surface area contributed by atoms with E-state index < -0.39 is 0 Å². The number of nitrogens with zero attached hydrogens (tertiary/aromatic N) is 5. The van der Waals surface area contributed by atoms with Crippen molar-refractivity contribution in [2.45, 2.75) is 39.8 Å². The van der Waals surface area contributed by atoms with E-state index in [1.807, 2.05) is 38.6 Å². The second-order valence-corrected chi connectivity index (χ2v) is 5.33. The molecule has 2 amide bonds. The van der Waals surface area contributed by atoms with E-state index in [1.165, 1.54) is 0 Å². The molecule has 2 aromatic rings. The summed E-state index contributed by atoms with van der Waals surface area (Å²) in [6, 6.07) is -0.391. The second kappa shape index (κ2) is 7.06. The number of aromatic amines is 1. The third-order valence-electron chi connectivity index (χ3n) is 3.38. The molecule has 120 valence electrons. The minimum atomic E-state index is -0.252. The fourth-order valence-corrected chi connectivity index (χ4v) is 2.14. The van der Waals surface area contributed by atoms with Gasteiger partial charge < -0.3 is 14.8 Å². The summed E-state index contributed by atoms with van der Waals surface area (Å²) in [6.45, 7) is 6.88. The molecule has 0 radical (unpaired) electrons. The highest BCUT2D eigenvalue weighted by atomic mass is 16.2. The van der Waals surface area contributed by atoms with Gasteiger partial charge in [-0.05, 0) is 20.3 Å². The average Bonchev–Trinajstić information content (AvgIpc) is 3.07. The number of urea groups is 1. The van der Waals surface area contributed by atoms with Crippen molar-refractivity contribution >= 4 is 6.03 Å². The molecule has 0 fully saturated rings. The second-order valence-electron chi connectivity index (χ2n) is 5.33. The van der Waals surface area contributed by atoms with Crippen LogP contribution in [0.25, 0.3) is 0 Å². The number of imidazole rings is 1. The topological polar surface area (TPSA) is 91.7 Å². The van der Waals surface area contributed by atoms with Crippen molar-refractivity contribution in [2.24, 2.45) is 7.05 Å². The zero-order valence-electron chi connectivity index (χ0n) is 13.5. The molecule has 2 rings (SSSR count). The first kappa shape index (κ1) is 16.0. The molecule has 0 bridgehead atoms. The molecule has 8 nitrogen and oxygen atoms in total. The Balaban J connectivity index is 2.01.